The average Bonchev–Trinajstić information content (AvgIpc) is 2.93. The van der Waals surface area contributed by atoms with Gasteiger partial charge in [-0.3, -0.25) is 24.0 Å². The van der Waals surface area contributed by atoms with Gasteiger partial charge in [0.1, 0.15) is 18.8 Å². The highest BCUT2D eigenvalue weighted by molar-refractivity contribution is 5.82. The number of carboxylic acid groups (broad SMARTS) is 1. The van der Waals surface area contributed by atoms with Gasteiger partial charge >= 0.3 is 29.8 Å². The van der Waals surface area contributed by atoms with Crippen LogP contribution in [0.3, 0.4) is 0 Å². The fourth-order valence-corrected chi connectivity index (χ4v) is 5.85. The largest absolute Gasteiger partial charge is 0.481 e. The van der Waals surface area contributed by atoms with E-state index in [-0.39, 0.29) is 38.9 Å². The van der Waals surface area contributed by atoms with Crippen molar-refractivity contribution in [2.24, 2.45) is 16.7 Å². The highest BCUT2D eigenvalue weighted by Crippen LogP contribution is 2.43. The zero-order valence-electron chi connectivity index (χ0n) is 28.0. The van der Waals surface area contributed by atoms with Crippen LogP contribution >= 0.6 is 0 Å². The molecule has 0 aromatic heterocycles. The first-order valence-electron chi connectivity index (χ1n) is 16.2. The van der Waals surface area contributed by atoms with Crippen LogP contribution in [0, 0.1) is 16.7 Å². The Bertz CT molecular complexity index is 982. The molecule has 0 spiro atoms. The number of alkyl halides is 2. The van der Waals surface area contributed by atoms with Gasteiger partial charge in [-0.2, -0.15) is 0 Å². The SMILES string of the molecule is CCC(CC(C)(CC(C)(C)C(=O)OCCOC(=O)CCC(=O)O)C(=O)OCCC(C)(F)F)C(=O)OC1(CC)CCCCCCC1. The first kappa shape index (κ1) is 40.2. The zero-order valence-corrected chi connectivity index (χ0v) is 28.0. The fourth-order valence-electron chi connectivity index (χ4n) is 5.85. The van der Waals surface area contributed by atoms with E-state index >= 15 is 0 Å². The van der Waals surface area contributed by atoms with Crippen LogP contribution in [0.2, 0.25) is 0 Å². The minimum Gasteiger partial charge on any atom is -0.481 e. The van der Waals surface area contributed by atoms with Crippen LogP contribution in [0.15, 0.2) is 0 Å². The molecule has 0 saturated heterocycles. The standard InChI is InChI=1S/C33H54F2O10/c1-7-24(27(39)45-33(8-2)16-12-10-9-11-13-17-33)22-31(5,29(41)43-19-18-32(6,34)35)23-30(3,4)28(40)44-21-20-42-26(38)15-14-25(36)37/h24H,7-23H2,1-6H3,(H,36,37). The molecule has 0 heterocycles. The molecule has 0 aromatic rings. The number of rotatable bonds is 19. The molecule has 1 aliphatic carbocycles. The van der Waals surface area contributed by atoms with Crippen LogP contribution in [0.1, 0.15) is 131 Å². The highest BCUT2D eigenvalue weighted by atomic mass is 19.3. The Kier molecular flexibility index (Phi) is 16.4. The van der Waals surface area contributed by atoms with Crippen LogP contribution in [-0.4, -0.2) is 66.3 Å². The first-order chi connectivity index (χ1) is 20.9. The minimum absolute atomic E-state index is 0.0264. The van der Waals surface area contributed by atoms with Crippen molar-refractivity contribution < 1.29 is 56.8 Å². The maximum Gasteiger partial charge on any atom is 0.311 e. The number of carboxylic acids is 1. The Hall–Kier alpha value is -2.79. The summed E-state index contributed by atoms with van der Waals surface area (Å²) in [6.07, 6.45) is 6.27. The van der Waals surface area contributed by atoms with Gasteiger partial charge in [-0.05, 0) is 79.1 Å². The maximum absolute atomic E-state index is 13.6. The molecule has 1 N–H and O–H groups in total. The quantitative estimate of drug-likeness (QED) is 0.0902. The second kappa shape index (κ2) is 18.4. The molecule has 0 aromatic carbocycles. The van der Waals surface area contributed by atoms with E-state index in [4.69, 9.17) is 24.1 Å². The molecule has 1 rings (SSSR count). The molecule has 260 valence electrons. The van der Waals surface area contributed by atoms with E-state index in [1.54, 1.807) is 20.8 Å². The summed E-state index contributed by atoms with van der Waals surface area (Å²) in [7, 11) is 0. The monoisotopic (exact) mass is 648 g/mol. The Labute approximate surface area is 266 Å². The van der Waals surface area contributed by atoms with Crippen molar-refractivity contribution in [2.45, 2.75) is 143 Å². The number of ether oxygens (including phenoxy) is 4. The molecule has 10 nitrogen and oxygen atoms in total. The van der Waals surface area contributed by atoms with E-state index in [1.165, 1.54) is 0 Å². The lowest BCUT2D eigenvalue weighted by molar-refractivity contribution is -0.173. The first-order valence-corrected chi connectivity index (χ1v) is 16.2. The third-order valence-corrected chi connectivity index (χ3v) is 8.52. The molecule has 0 aliphatic heterocycles. The molecule has 1 saturated carbocycles. The van der Waals surface area contributed by atoms with Crippen molar-refractivity contribution >= 4 is 29.8 Å². The number of esters is 4. The lowest BCUT2D eigenvalue weighted by atomic mass is 9.69. The predicted octanol–water partition coefficient (Wildman–Crippen LogP) is 6.80. The second-order valence-electron chi connectivity index (χ2n) is 13.4. The van der Waals surface area contributed by atoms with Crippen molar-refractivity contribution in [3.63, 3.8) is 0 Å². The van der Waals surface area contributed by atoms with E-state index in [2.05, 4.69) is 0 Å². The van der Waals surface area contributed by atoms with Crippen LogP contribution in [0.5, 0.6) is 0 Å². The number of halogens is 2. The third-order valence-electron chi connectivity index (χ3n) is 8.52. The van der Waals surface area contributed by atoms with E-state index in [0.29, 0.717) is 12.8 Å². The summed E-state index contributed by atoms with van der Waals surface area (Å²) in [5.41, 5.74) is -3.30. The number of carbonyl (C=O) groups is 5. The average molecular weight is 649 g/mol. The van der Waals surface area contributed by atoms with Crippen molar-refractivity contribution in [3.05, 3.63) is 0 Å². The highest BCUT2D eigenvalue weighted by Gasteiger charge is 2.47. The molecule has 12 heteroatoms. The van der Waals surface area contributed by atoms with Crippen molar-refractivity contribution in [3.8, 4) is 0 Å². The van der Waals surface area contributed by atoms with Gasteiger partial charge < -0.3 is 24.1 Å². The predicted molar refractivity (Wildman–Crippen MR) is 161 cm³/mol. The summed E-state index contributed by atoms with van der Waals surface area (Å²) in [4.78, 5) is 62.4. The van der Waals surface area contributed by atoms with E-state index in [9.17, 15) is 32.8 Å². The topological polar surface area (TPSA) is 142 Å². The van der Waals surface area contributed by atoms with Crippen molar-refractivity contribution in [2.75, 3.05) is 19.8 Å². The summed E-state index contributed by atoms with van der Waals surface area (Å²) in [5.74, 6) is -7.58. The van der Waals surface area contributed by atoms with Crippen LogP contribution in [-0.2, 0) is 42.9 Å². The Balaban J connectivity index is 3.07. The molecular weight excluding hydrogens is 594 g/mol. The summed E-state index contributed by atoms with van der Waals surface area (Å²) >= 11 is 0. The minimum atomic E-state index is -3.04. The summed E-state index contributed by atoms with van der Waals surface area (Å²) < 4.78 is 48.6. The number of carbonyl (C=O) groups excluding carboxylic acids is 4. The smallest absolute Gasteiger partial charge is 0.311 e. The molecule has 1 fully saturated rings. The third kappa shape index (κ3) is 14.9. The molecular formula is C33H54F2O10. The molecule has 0 bridgehead atoms. The van der Waals surface area contributed by atoms with Gasteiger partial charge in [-0.1, -0.05) is 33.1 Å². The number of aliphatic carboxylic acids is 1. The van der Waals surface area contributed by atoms with Gasteiger partial charge in [0.25, 0.3) is 0 Å². The van der Waals surface area contributed by atoms with Crippen molar-refractivity contribution in [1.82, 2.24) is 0 Å². The molecule has 0 amide bonds. The molecule has 2 atom stereocenters. The number of hydrogen-bond donors (Lipinski definition) is 1. The maximum atomic E-state index is 13.6. The van der Waals surface area contributed by atoms with Gasteiger partial charge in [-0.15, -0.1) is 0 Å². The summed E-state index contributed by atoms with van der Waals surface area (Å²) in [6.45, 7) is 8.10. The van der Waals surface area contributed by atoms with Gasteiger partial charge in [-0.25, -0.2) is 8.78 Å². The zero-order chi connectivity index (χ0) is 34.3. The van der Waals surface area contributed by atoms with Crippen LogP contribution in [0.25, 0.3) is 0 Å². The Morgan fingerprint density at radius 1 is 0.800 bits per heavy atom. The Morgan fingerprint density at radius 3 is 1.89 bits per heavy atom. The molecule has 2 unspecified atom stereocenters. The second-order valence-corrected chi connectivity index (χ2v) is 13.4. The van der Waals surface area contributed by atoms with Crippen LogP contribution < -0.4 is 0 Å². The summed E-state index contributed by atoms with van der Waals surface area (Å²) in [5, 5.41) is 8.66. The van der Waals surface area contributed by atoms with Gasteiger partial charge in [0.2, 0.25) is 5.92 Å². The van der Waals surface area contributed by atoms with Gasteiger partial charge in [0, 0.05) is 6.42 Å². The Morgan fingerprint density at radius 2 is 1.36 bits per heavy atom. The van der Waals surface area contributed by atoms with Crippen LogP contribution in [0.4, 0.5) is 8.78 Å². The van der Waals surface area contributed by atoms with E-state index in [1.807, 2.05) is 13.8 Å². The van der Waals surface area contributed by atoms with Crippen molar-refractivity contribution in [1.29, 1.82) is 0 Å². The summed E-state index contributed by atoms with van der Waals surface area (Å²) in [6, 6.07) is 0. The molecule has 1 aliphatic rings. The normalized spacial score (nSPS) is 17.5. The number of hydrogen-bond acceptors (Lipinski definition) is 9. The molecule has 45 heavy (non-hydrogen) atoms. The molecule has 0 radical (unpaired) electrons. The lowest BCUT2D eigenvalue weighted by Crippen LogP contribution is -2.43. The van der Waals surface area contributed by atoms with Gasteiger partial charge in [0.05, 0.1) is 36.2 Å². The van der Waals surface area contributed by atoms with E-state index in [0.717, 1.165) is 51.9 Å². The fraction of sp³-hybridized carbons (Fsp3) is 0.848. The van der Waals surface area contributed by atoms with E-state index < -0.39 is 71.1 Å². The van der Waals surface area contributed by atoms with Gasteiger partial charge in [0.15, 0.2) is 0 Å². The lowest BCUT2D eigenvalue weighted by Gasteiger charge is -2.38.